The third-order valence-electron chi connectivity index (χ3n) is 1.66. The van der Waals surface area contributed by atoms with Crippen molar-refractivity contribution in [1.82, 2.24) is 0 Å². The Bertz CT molecular complexity index is 458. The molecule has 0 aliphatic carbocycles. The first kappa shape index (κ1) is 12.3. The van der Waals surface area contributed by atoms with Crippen molar-refractivity contribution in [2.24, 2.45) is 0 Å². The van der Waals surface area contributed by atoms with Crippen LogP contribution in [-0.4, -0.2) is 26.5 Å². The van der Waals surface area contributed by atoms with E-state index in [1.54, 1.807) is 0 Å². The van der Waals surface area contributed by atoms with Gasteiger partial charge in [0.1, 0.15) is 9.23 Å². The van der Waals surface area contributed by atoms with E-state index >= 15 is 0 Å². The molecule has 0 atom stereocenters. The molecule has 5 nitrogen and oxygen atoms in total. The Morgan fingerprint density at radius 3 is 2.60 bits per heavy atom. The number of aliphatic carboxylic acids is 1. The smallest absolute Gasteiger partial charge is 0.308 e. The molecule has 0 bridgehead atoms. The molecule has 0 saturated heterocycles. The molecule has 0 unspecified atom stereocenters. The number of nitrogens with one attached hydrogen (secondary N) is 1. The SMILES string of the molecule is CNc1c(CC(=O)O)sc(Cl)c1[SH](=O)=O. The van der Waals surface area contributed by atoms with Crippen LogP contribution in [0, 0.1) is 0 Å². The summed E-state index contributed by atoms with van der Waals surface area (Å²) >= 11 is 6.67. The third-order valence-corrected chi connectivity index (χ3v) is 4.15. The van der Waals surface area contributed by atoms with Crippen molar-refractivity contribution in [2.75, 3.05) is 12.4 Å². The predicted octanol–water partition coefficient (Wildman–Crippen LogP) is 1.04. The number of hydrogen-bond acceptors (Lipinski definition) is 5. The summed E-state index contributed by atoms with van der Waals surface area (Å²) in [4.78, 5) is 10.9. The standard InChI is InChI=1S/C7H8ClNO4S2/c1-9-5-3(2-4(10)11)14-7(8)6(5)15(12)13/h9,15H,2H2,1H3,(H,10,11). The van der Waals surface area contributed by atoms with Crippen LogP contribution in [0.5, 0.6) is 0 Å². The van der Waals surface area contributed by atoms with Crippen molar-refractivity contribution in [3.63, 3.8) is 0 Å². The molecule has 8 heteroatoms. The summed E-state index contributed by atoms with van der Waals surface area (Å²) < 4.78 is 21.8. The average Bonchev–Trinajstić information content (AvgIpc) is 2.40. The van der Waals surface area contributed by atoms with Crippen molar-refractivity contribution in [2.45, 2.75) is 11.3 Å². The predicted molar refractivity (Wildman–Crippen MR) is 58.8 cm³/mol. The molecule has 0 aliphatic heterocycles. The van der Waals surface area contributed by atoms with Crippen molar-refractivity contribution in [1.29, 1.82) is 0 Å². The van der Waals surface area contributed by atoms with Crippen LogP contribution in [-0.2, 0) is 21.9 Å². The van der Waals surface area contributed by atoms with Crippen LogP contribution in [0.15, 0.2) is 4.90 Å². The minimum Gasteiger partial charge on any atom is -0.481 e. The van der Waals surface area contributed by atoms with Crippen molar-refractivity contribution < 1.29 is 18.3 Å². The molecule has 0 aromatic carbocycles. The average molecular weight is 270 g/mol. The summed E-state index contributed by atoms with van der Waals surface area (Å²) in [6.45, 7) is 0. The van der Waals surface area contributed by atoms with E-state index in [4.69, 9.17) is 16.7 Å². The Kier molecular flexibility index (Phi) is 3.95. The first-order chi connectivity index (χ1) is 6.97. The second kappa shape index (κ2) is 4.82. The van der Waals surface area contributed by atoms with Crippen LogP contribution >= 0.6 is 22.9 Å². The van der Waals surface area contributed by atoms with E-state index in [-0.39, 0.29) is 21.3 Å². The number of rotatable bonds is 4. The zero-order chi connectivity index (χ0) is 11.6. The zero-order valence-corrected chi connectivity index (χ0v) is 10.1. The number of carbonyl (C=O) groups is 1. The molecule has 0 spiro atoms. The highest BCUT2D eigenvalue weighted by Crippen LogP contribution is 2.38. The molecule has 0 saturated carbocycles. The van der Waals surface area contributed by atoms with Crippen molar-refractivity contribution >= 4 is 45.3 Å². The molecule has 0 aliphatic rings. The van der Waals surface area contributed by atoms with Crippen LogP contribution in [0.2, 0.25) is 4.34 Å². The van der Waals surface area contributed by atoms with E-state index in [1.165, 1.54) is 7.05 Å². The van der Waals surface area contributed by atoms with E-state index in [9.17, 15) is 13.2 Å². The number of halogens is 1. The lowest BCUT2D eigenvalue weighted by Gasteiger charge is -2.00. The molecule has 1 heterocycles. The van der Waals surface area contributed by atoms with Gasteiger partial charge in [-0.2, -0.15) is 0 Å². The van der Waals surface area contributed by atoms with Gasteiger partial charge >= 0.3 is 5.97 Å². The summed E-state index contributed by atoms with van der Waals surface area (Å²) in [7, 11) is -1.30. The van der Waals surface area contributed by atoms with Crippen molar-refractivity contribution in [3.8, 4) is 0 Å². The lowest BCUT2D eigenvalue weighted by Crippen LogP contribution is -2.01. The second-order valence-electron chi connectivity index (χ2n) is 2.60. The fraction of sp³-hybridized carbons (Fsp3) is 0.286. The van der Waals surface area contributed by atoms with Gasteiger partial charge in [-0.1, -0.05) is 11.6 Å². The summed E-state index contributed by atoms with van der Waals surface area (Å²) in [6, 6.07) is 0. The summed E-state index contributed by atoms with van der Waals surface area (Å²) in [5.41, 5.74) is 0.281. The Labute approximate surface area is 96.6 Å². The van der Waals surface area contributed by atoms with E-state index < -0.39 is 16.7 Å². The number of carboxylic acids is 1. The first-order valence-electron chi connectivity index (χ1n) is 3.82. The van der Waals surface area contributed by atoms with Gasteiger partial charge in [-0.25, -0.2) is 8.42 Å². The molecular formula is C7H8ClNO4S2. The minimum atomic E-state index is -2.82. The van der Waals surface area contributed by atoms with Crippen LogP contribution in [0.4, 0.5) is 5.69 Å². The van der Waals surface area contributed by atoms with E-state index in [0.29, 0.717) is 4.88 Å². The van der Waals surface area contributed by atoms with Gasteiger partial charge in [0.05, 0.1) is 12.1 Å². The molecule has 0 amide bonds. The zero-order valence-electron chi connectivity index (χ0n) is 7.61. The number of carboxylic acid groups (broad SMARTS) is 1. The Morgan fingerprint density at radius 2 is 2.20 bits per heavy atom. The van der Waals surface area contributed by atoms with E-state index in [1.807, 2.05) is 0 Å². The van der Waals surface area contributed by atoms with Gasteiger partial charge in [-0.3, -0.25) is 4.79 Å². The summed E-state index contributed by atoms with van der Waals surface area (Å²) in [5.74, 6) is -1.03. The number of thiophene rings is 1. The fourth-order valence-electron chi connectivity index (χ4n) is 1.12. The van der Waals surface area contributed by atoms with E-state index in [0.717, 1.165) is 11.3 Å². The highest BCUT2D eigenvalue weighted by atomic mass is 35.5. The fourth-order valence-corrected chi connectivity index (χ4v) is 3.63. The van der Waals surface area contributed by atoms with Gasteiger partial charge in [-0.15, -0.1) is 11.3 Å². The van der Waals surface area contributed by atoms with Gasteiger partial charge in [-0.05, 0) is 0 Å². The van der Waals surface area contributed by atoms with Crippen LogP contribution in [0.1, 0.15) is 4.88 Å². The van der Waals surface area contributed by atoms with Crippen molar-refractivity contribution in [3.05, 3.63) is 9.21 Å². The molecule has 0 radical (unpaired) electrons. The van der Waals surface area contributed by atoms with Gasteiger partial charge in [0.2, 0.25) is 0 Å². The minimum absolute atomic E-state index is 0.0320. The highest BCUT2D eigenvalue weighted by molar-refractivity contribution is 7.73. The van der Waals surface area contributed by atoms with Gasteiger partial charge in [0.25, 0.3) is 0 Å². The number of anilines is 1. The lowest BCUT2D eigenvalue weighted by atomic mass is 10.3. The third kappa shape index (κ3) is 2.61. The maximum atomic E-state index is 10.9. The van der Waals surface area contributed by atoms with Crippen LogP contribution in [0.3, 0.4) is 0 Å². The van der Waals surface area contributed by atoms with Gasteiger partial charge in [0, 0.05) is 11.9 Å². The normalized spacial score (nSPS) is 10.6. The van der Waals surface area contributed by atoms with Crippen LogP contribution < -0.4 is 5.32 Å². The number of thiol groups is 1. The second-order valence-corrected chi connectivity index (χ2v) is 5.27. The molecule has 15 heavy (non-hydrogen) atoms. The maximum Gasteiger partial charge on any atom is 0.308 e. The lowest BCUT2D eigenvalue weighted by molar-refractivity contribution is -0.136. The molecule has 0 fully saturated rings. The van der Waals surface area contributed by atoms with E-state index in [2.05, 4.69) is 5.32 Å². The summed E-state index contributed by atoms with van der Waals surface area (Å²) in [6.07, 6.45) is -0.246. The number of hydrogen-bond donors (Lipinski definition) is 3. The highest BCUT2D eigenvalue weighted by Gasteiger charge is 2.19. The Morgan fingerprint density at radius 1 is 1.60 bits per heavy atom. The van der Waals surface area contributed by atoms with Gasteiger partial charge in [0.15, 0.2) is 10.7 Å². The first-order valence-corrected chi connectivity index (χ1v) is 6.19. The van der Waals surface area contributed by atoms with Gasteiger partial charge < -0.3 is 10.4 Å². The largest absolute Gasteiger partial charge is 0.481 e. The monoisotopic (exact) mass is 269 g/mol. The molecule has 1 aromatic heterocycles. The molecule has 84 valence electrons. The summed E-state index contributed by atoms with van der Waals surface area (Å²) in [5, 5.41) is 11.3. The molecule has 1 rings (SSSR count). The molecular weight excluding hydrogens is 262 g/mol. The topological polar surface area (TPSA) is 83.5 Å². The molecule has 2 N–H and O–H groups in total. The quantitative estimate of drug-likeness (QED) is 0.712. The Balaban J connectivity index is 3.30. The van der Waals surface area contributed by atoms with Crippen LogP contribution in [0.25, 0.3) is 0 Å². The Hall–Kier alpha value is -0.790. The maximum absolute atomic E-state index is 10.9. The molecule has 1 aromatic rings.